The fraction of sp³-hybridized carbons (Fsp3) is 0.318. The summed E-state index contributed by atoms with van der Waals surface area (Å²) in [7, 11) is 1.88. The van der Waals surface area contributed by atoms with Crippen LogP contribution in [0.15, 0.2) is 52.1 Å². The smallest absolute Gasteiger partial charge is 0.234 e. The van der Waals surface area contributed by atoms with Gasteiger partial charge < -0.3 is 14.6 Å². The highest BCUT2D eigenvalue weighted by Gasteiger charge is 2.14. The summed E-state index contributed by atoms with van der Waals surface area (Å²) in [6, 6.07) is 13.7. The van der Waals surface area contributed by atoms with Crippen molar-refractivity contribution in [2.45, 2.75) is 38.5 Å². The number of hydrogen-bond donors (Lipinski definition) is 1. The number of nitrogens with one attached hydrogen (secondary N) is 1. The number of hydrogen-bond acceptors (Lipinski definition) is 5. The van der Waals surface area contributed by atoms with Gasteiger partial charge in [0.05, 0.1) is 5.75 Å². The van der Waals surface area contributed by atoms with Gasteiger partial charge in [0.25, 0.3) is 0 Å². The lowest BCUT2D eigenvalue weighted by molar-refractivity contribution is -0.113. The van der Waals surface area contributed by atoms with Crippen LogP contribution in [0.3, 0.4) is 0 Å². The van der Waals surface area contributed by atoms with Crippen LogP contribution in [0.2, 0.25) is 0 Å². The molecule has 30 heavy (non-hydrogen) atoms. The highest BCUT2D eigenvalue weighted by atomic mass is 79.9. The molecule has 0 saturated carbocycles. The number of aryl methyl sites for hydroxylation is 1. The number of thioether (sulfide) groups is 1. The Kier molecular flexibility index (Phi) is 7.55. The minimum absolute atomic E-state index is 0.0788. The van der Waals surface area contributed by atoms with Gasteiger partial charge in [-0.05, 0) is 48.2 Å². The number of aromatic nitrogens is 3. The van der Waals surface area contributed by atoms with E-state index in [1.165, 1.54) is 11.8 Å². The minimum atomic E-state index is -0.0788. The number of nitrogens with zero attached hydrogens (tertiary/aromatic N) is 3. The van der Waals surface area contributed by atoms with Crippen LogP contribution in [0.5, 0.6) is 5.75 Å². The number of amides is 1. The van der Waals surface area contributed by atoms with Gasteiger partial charge in [0.2, 0.25) is 5.91 Å². The number of rotatable bonds is 8. The van der Waals surface area contributed by atoms with Gasteiger partial charge in [0.15, 0.2) is 11.0 Å². The summed E-state index contributed by atoms with van der Waals surface area (Å²) in [6.07, 6.45) is 0. The second kappa shape index (κ2) is 10.1. The molecular formula is C22H25BrN4O2S. The van der Waals surface area contributed by atoms with E-state index >= 15 is 0 Å². The third-order valence-electron chi connectivity index (χ3n) is 4.62. The molecule has 0 aliphatic rings. The lowest BCUT2D eigenvalue weighted by Gasteiger charge is -2.14. The normalized spacial score (nSPS) is 11.0. The molecule has 158 valence electrons. The van der Waals surface area contributed by atoms with E-state index in [2.05, 4.69) is 45.3 Å². The highest BCUT2D eigenvalue weighted by Crippen LogP contribution is 2.28. The molecule has 0 bridgehead atoms. The molecule has 1 aromatic heterocycles. The Morgan fingerprint density at radius 3 is 2.73 bits per heavy atom. The quantitative estimate of drug-likeness (QED) is 0.434. The van der Waals surface area contributed by atoms with Gasteiger partial charge in [-0.1, -0.05) is 59.7 Å². The average Bonchev–Trinajstić information content (AvgIpc) is 3.06. The summed E-state index contributed by atoms with van der Waals surface area (Å²) in [5.74, 6) is 2.00. The monoisotopic (exact) mass is 488 g/mol. The van der Waals surface area contributed by atoms with Crippen molar-refractivity contribution < 1.29 is 9.53 Å². The summed E-state index contributed by atoms with van der Waals surface area (Å²) in [5.41, 5.74) is 3.00. The van der Waals surface area contributed by atoms with Crippen molar-refractivity contribution in [2.75, 3.05) is 11.1 Å². The maximum absolute atomic E-state index is 12.5. The zero-order valence-corrected chi connectivity index (χ0v) is 19.9. The zero-order chi connectivity index (χ0) is 21.7. The lowest BCUT2D eigenvalue weighted by Crippen LogP contribution is -2.16. The van der Waals surface area contributed by atoms with Gasteiger partial charge in [-0.25, -0.2) is 0 Å². The SMILES string of the molecule is Cc1ccccc1OCc1nnc(SCC(=O)Nc2ccc(Br)cc2C(C)C)n1C. The van der Waals surface area contributed by atoms with Crippen molar-refractivity contribution in [1.82, 2.24) is 14.8 Å². The second-order valence-corrected chi connectivity index (χ2v) is 9.09. The van der Waals surface area contributed by atoms with E-state index in [4.69, 9.17) is 4.74 Å². The molecule has 1 N–H and O–H groups in total. The van der Waals surface area contributed by atoms with E-state index in [1.54, 1.807) is 0 Å². The van der Waals surface area contributed by atoms with Crippen LogP contribution in [0, 0.1) is 6.92 Å². The minimum Gasteiger partial charge on any atom is -0.485 e. The number of anilines is 1. The standard InChI is InChI=1S/C22H25BrN4O2S/c1-14(2)17-11-16(23)9-10-18(17)24-21(28)13-30-22-26-25-20(27(22)4)12-29-19-8-6-5-7-15(19)3/h5-11,14H,12-13H2,1-4H3,(H,24,28). The molecule has 0 fully saturated rings. The van der Waals surface area contributed by atoms with Crippen LogP contribution in [0.1, 0.15) is 36.7 Å². The summed E-state index contributed by atoms with van der Waals surface area (Å²) in [4.78, 5) is 12.5. The van der Waals surface area contributed by atoms with Crippen molar-refractivity contribution in [2.24, 2.45) is 7.05 Å². The van der Waals surface area contributed by atoms with E-state index in [-0.39, 0.29) is 11.7 Å². The molecule has 6 nitrogen and oxygen atoms in total. The second-order valence-electron chi connectivity index (χ2n) is 7.24. The van der Waals surface area contributed by atoms with Crippen molar-refractivity contribution in [1.29, 1.82) is 0 Å². The number of carbonyl (C=O) groups excluding carboxylic acids is 1. The topological polar surface area (TPSA) is 69.0 Å². The highest BCUT2D eigenvalue weighted by molar-refractivity contribution is 9.10. The fourth-order valence-electron chi connectivity index (χ4n) is 2.90. The van der Waals surface area contributed by atoms with Crippen molar-refractivity contribution in [3.8, 4) is 5.75 Å². The molecule has 1 heterocycles. The Morgan fingerprint density at radius 2 is 2.00 bits per heavy atom. The first-order chi connectivity index (χ1) is 14.3. The predicted octanol–water partition coefficient (Wildman–Crippen LogP) is 5.32. The Labute approximate surface area is 189 Å². The summed E-state index contributed by atoms with van der Waals surface area (Å²) in [6.45, 7) is 6.53. The summed E-state index contributed by atoms with van der Waals surface area (Å²) in [5, 5.41) is 12.1. The molecular weight excluding hydrogens is 464 g/mol. The largest absolute Gasteiger partial charge is 0.485 e. The Hall–Kier alpha value is -2.32. The molecule has 1 amide bonds. The molecule has 0 aliphatic carbocycles. The van der Waals surface area contributed by atoms with Gasteiger partial charge >= 0.3 is 0 Å². The number of halogens is 1. The average molecular weight is 489 g/mol. The van der Waals surface area contributed by atoms with Crippen LogP contribution >= 0.6 is 27.7 Å². The van der Waals surface area contributed by atoms with E-state index in [1.807, 2.05) is 61.0 Å². The van der Waals surface area contributed by atoms with Crippen LogP contribution in [0.25, 0.3) is 0 Å². The first kappa shape index (κ1) is 22.4. The number of ether oxygens (including phenoxy) is 1. The van der Waals surface area contributed by atoms with Crippen molar-refractivity contribution in [3.05, 3.63) is 63.9 Å². The van der Waals surface area contributed by atoms with Crippen molar-refractivity contribution >= 4 is 39.3 Å². The number of benzene rings is 2. The van der Waals surface area contributed by atoms with E-state index in [9.17, 15) is 4.79 Å². The first-order valence-electron chi connectivity index (χ1n) is 9.64. The molecule has 0 atom stereocenters. The Morgan fingerprint density at radius 1 is 1.23 bits per heavy atom. The summed E-state index contributed by atoms with van der Waals surface area (Å²) >= 11 is 4.84. The molecule has 0 unspecified atom stereocenters. The zero-order valence-electron chi connectivity index (χ0n) is 17.5. The lowest BCUT2D eigenvalue weighted by atomic mass is 10.0. The molecule has 2 aromatic carbocycles. The summed E-state index contributed by atoms with van der Waals surface area (Å²) < 4.78 is 8.71. The Balaban J connectivity index is 1.58. The van der Waals surface area contributed by atoms with E-state index < -0.39 is 0 Å². The van der Waals surface area contributed by atoms with Crippen LogP contribution < -0.4 is 10.1 Å². The molecule has 0 spiro atoms. The van der Waals surface area contributed by atoms with Gasteiger partial charge in [-0.15, -0.1) is 10.2 Å². The fourth-order valence-corrected chi connectivity index (χ4v) is 4.01. The molecule has 3 aromatic rings. The predicted molar refractivity (Wildman–Crippen MR) is 124 cm³/mol. The number of carbonyl (C=O) groups is 1. The maximum Gasteiger partial charge on any atom is 0.234 e. The molecule has 0 aliphatic heterocycles. The third-order valence-corrected chi connectivity index (χ3v) is 6.13. The Bertz CT molecular complexity index is 1040. The van der Waals surface area contributed by atoms with Crippen LogP contribution in [0.4, 0.5) is 5.69 Å². The molecule has 8 heteroatoms. The van der Waals surface area contributed by atoms with Gasteiger partial charge in [0, 0.05) is 17.2 Å². The molecule has 3 rings (SSSR count). The van der Waals surface area contributed by atoms with Gasteiger partial charge in [-0.2, -0.15) is 0 Å². The van der Waals surface area contributed by atoms with Crippen LogP contribution in [-0.4, -0.2) is 26.4 Å². The van der Waals surface area contributed by atoms with E-state index in [0.717, 1.165) is 27.0 Å². The van der Waals surface area contributed by atoms with E-state index in [0.29, 0.717) is 23.5 Å². The third kappa shape index (κ3) is 5.64. The van der Waals surface area contributed by atoms with Crippen molar-refractivity contribution in [3.63, 3.8) is 0 Å². The van der Waals surface area contributed by atoms with Gasteiger partial charge in [-0.3, -0.25) is 4.79 Å². The molecule has 0 saturated heterocycles. The van der Waals surface area contributed by atoms with Crippen LogP contribution in [-0.2, 0) is 18.4 Å². The number of para-hydroxylation sites is 1. The maximum atomic E-state index is 12.5. The first-order valence-corrected chi connectivity index (χ1v) is 11.4. The molecule has 0 radical (unpaired) electrons. The van der Waals surface area contributed by atoms with Gasteiger partial charge in [0.1, 0.15) is 12.4 Å².